The van der Waals surface area contributed by atoms with Crippen LogP contribution in [-0.2, 0) is 0 Å². The van der Waals surface area contributed by atoms with Crippen molar-refractivity contribution in [3.05, 3.63) is 23.9 Å². The van der Waals surface area contributed by atoms with Crippen molar-refractivity contribution in [2.75, 3.05) is 19.6 Å². The highest BCUT2D eigenvalue weighted by Crippen LogP contribution is 2.10. The number of hydrogen-bond acceptors (Lipinski definition) is 2. The van der Waals surface area contributed by atoms with Gasteiger partial charge in [0.2, 0.25) is 0 Å². The van der Waals surface area contributed by atoms with Crippen LogP contribution in [0.25, 0.3) is 0 Å². The van der Waals surface area contributed by atoms with Gasteiger partial charge in [0.25, 0.3) is 0 Å². The van der Waals surface area contributed by atoms with Crippen LogP contribution in [0, 0.1) is 0 Å². The molecule has 2 rings (SSSR count). The molecule has 0 aromatic carbocycles. The zero-order valence-corrected chi connectivity index (χ0v) is 9.00. The van der Waals surface area contributed by atoms with E-state index in [1.165, 1.54) is 44.5 Å². The number of allylic oxidation sites excluding steroid dienone is 2. The van der Waals surface area contributed by atoms with E-state index in [2.05, 4.69) is 35.5 Å². The van der Waals surface area contributed by atoms with Crippen LogP contribution in [0.4, 0.5) is 0 Å². The molecule has 78 valence electrons. The third-order valence-electron chi connectivity index (χ3n) is 3.07. The molecular formula is C12H20N2. The molecule has 2 aliphatic rings. The molecule has 2 aliphatic heterocycles. The predicted molar refractivity (Wildman–Crippen MR) is 60.1 cm³/mol. The second-order valence-corrected chi connectivity index (χ2v) is 4.36. The van der Waals surface area contributed by atoms with Crippen molar-refractivity contribution in [2.45, 2.75) is 32.2 Å². The summed E-state index contributed by atoms with van der Waals surface area (Å²) in [6, 6.07) is 0.555. The number of hydrogen-bond donors (Lipinski definition) is 1. The number of nitrogens with zero attached hydrogens (tertiary/aromatic N) is 1. The minimum atomic E-state index is 0.555. The molecule has 1 fully saturated rings. The Bertz CT molecular complexity index is 237. The molecule has 14 heavy (non-hydrogen) atoms. The van der Waals surface area contributed by atoms with Gasteiger partial charge in [-0.2, -0.15) is 0 Å². The zero-order valence-electron chi connectivity index (χ0n) is 9.00. The molecule has 0 aromatic heterocycles. The topological polar surface area (TPSA) is 15.3 Å². The smallest absolute Gasteiger partial charge is 0.0454 e. The molecule has 1 unspecified atom stereocenters. The Morgan fingerprint density at radius 3 is 2.86 bits per heavy atom. The quantitative estimate of drug-likeness (QED) is 0.734. The molecule has 0 radical (unpaired) electrons. The molecule has 0 aliphatic carbocycles. The van der Waals surface area contributed by atoms with E-state index in [4.69, 9.17) is 0 Å². The van der Waals surface area contributed by atoms with Crippen LogP contribution >= 0.6 is 0 Å². The molecule has 0 amide bonds. The van der Waals surface area contributed by atoms with Crippen molar-refractivity contribution in [3.63, 3.8) is 0 Å². The van der Waals surface area contributed by atoms with Gasteiger partial charge in [0, 0.05) is 12.6 Å². The summed E-state index contributed by atoms with van der Waals surface area (Å²) in [6.45, 7) is 5.99. The third-order valence-corrected chi connectivity index (χ3v) is 3.07. The Morgan fingerprint density at radius 1 is 1.43 bits per heavy atom. The molecule has 1 atom stereocenters. The van der Waals surface area contributed by atoms with Gasteiger partial charge in [-0.05, 0) is 51.0 Å². The Labute approximate surface area is 86.7 Å². The first-order valence-electron chi connectivity index (χ1n) is 5.68. The van der Waals surface area contributed by atoms with Gasteiger partial charge in [-0.25, -0.2) is 0 Å². The first-order chi connectivity index (χ1) is 6.84. The summed E-state index contributed by atoms with van der Waals surface area (Å²) in [4.78, 5) is 2.57. The van der Waals surface area contributed by atoms with Crippen LogP contribution in [0.15, 0.2) is 23.9 Å². The van der Waals surface area contributed by atoms with Crippen LogP contribution < -0.4 is 5.32 Å². The van der Waals surface area contributed by atoms with Crippen LogP contribution in [0.1, 0.15) is 26.2 Å². The van der Waals surface area contributed by atoms with Gasteiger partial charge in [0.1, 0.15) is 0 Å². The first kappa shape index (κ1) is 9.78. The average Bonchev–Trinajstić information content (AvgIpc) is 2.70. The minimum Gasteiger partial charge on any atom is -0.384 e. The Hall–Kier alpha value is -0.760. The van der Waals surface area contributed by atoms with Gasteiger partial charge < -0.3 is 10.2 Å². The summed E-state index contributed by atoms with van der Waals surface area (Å²) in [7, 11) is 0. The van der Waals surface area contributed by atoms with E-state index < -0.39 is 0 Å². The van der Waals surface area contributed by atoms with E-state index in [0.717, 1.165) is 0 Å². The highest BCUT2D eigenvalue weighted by molar-refractivity contribution is 5.21. The van der Waals surface area contributed by atoms with E-state index in [1.807, 2.05) is 0 Å². The summed E-state index contributed by atoms with van der Waals surface area (Å²) < 4.78 is 0. The van der Waals surface area contributed by atoms with Gasteiger partial charge in [0.05, 0.1) is 0 Å². The molecule has 0 bridgehead atoms. The molecular weight excluding hydrogens is 172 g/mol. The highest BCUT2D eigenvalue weighted by Gasteiger charge is 2.13. The van der Waals surface area contributed by atoms with Crippen LogP contribution in [0.3, 0.4) is 0 Å². The number of dihydropyridines is 1. The molecule has 0 saturated carbocycles. The summed E-state index contributed by atoms with van der Waals surface area (Å²) in [5.74, 6) is 0. The average molecular weight is 192 g/mol. The summed E-state index contributed by atoms with van der Waals surface area (Å²) >= 11 is 0. The number of nitrogens with one attached hydrogen (secondary N) is 1. The Kier molecular flexibility index (Phi) is 3.25. The minimum absolute atomic E-state index is 0.555. The molecule has 2 nitrogen and oxygen atoms in total. The van der Waals surface area contributed by atoms with Crippen molar-refractivity contribution in [1.29, 1.82) is 0 Å². The predicted octanol–water partition coefficient (Wildman–Crippen LogP) is 1.90. The van der Waals surface area contributed by atoms with Crippen molar-refractivity contribution >= 4 is 0 Å². The van der Waals surface area contributed by atoms with E-state index in [-0.39, 0.29) is 0 Å². The number of rotatable bonds is 3. The van der Waals surface area contributed by atoms with Gasteiger partial charge in [-0.1, -0.05) is 12.2 Å². The lowest BCUT2D eigenvalue weighted by Gasteiger charge is -2.21. The molecule has 1 saturated heterocycles. The summed E-state index contributed by atoms with van der Waals surface area (Å²) in [5.41, 5.74) is 1.32. The lowest BCUT2D eigenvalue weighted by molar-refractivity contribution is 0.323. The lowest BCUT2D eigenvalue weighted by Crippen LogP contribution is -2.30. The summed E-state index contributed by atoms with van der Waals surface area (Å²) in [5, 5.41) is 3.42. The third kappa shape index (κ3) is 2.61. The Balaban J connectivity index is 1.69. The first-order valence-corrected chi connectivity index (χ1v) is 5.68. The fourth-order valence-corrected chi connectivity index (χ4v) is 2.12. The van der Waals surface area contributed by atoms with Gasteiger partial charge in [0.15, 0.2) is 0 Å². The largest absolute Gasteiger partial charge is 0.384 e. The Morgan fingerprint density at radius 2 is 2.21 bits per heavy atom. The van der Waals surface area contributed by atoms with Crippen LogP contribution in [0.2, 0.25) is 0 Å². The number of likely N-dealkylation sites (tertiary alicyclic amines) is 1. The van der Waals surface area contributed by atoms with Crippen LogP contribution in [-0.4, -0.2) is 30.6 Å². The molecule has 2 heteroatoms. The van der Waals surface area contributed by atoms with Crippen molar-refractivity contribution in [3.8, 4) is 0 Å². The normalized spacial score (nSPS) is 27.5. The fraction of sp³-hybridized carbons (Fsp3) is 0.667. The van der Waals surface area contributed by atoms with E-state index in [1.54, 1.807) is 0 Å². The van der Waals surface area contributed by atoms with E-state index in [0.29, 0.717) is 6.04 Å². The fourth-order valence-electron chi connectivity index (χ4n) is 2.12. The zero-order chi connectivity index (χ0) is 9.80. The van der Waals surface area contributed by atoms with Gasteiger partial charge >= 0.3 is 0 Å². The standard InChI is InChI=1S/C12H20N2/c1-11-4-5-12(13-10-11)6-9-14-7-2-3-8-14/h4-5,10,12-13H,2-3,6-9H2,1H3. The van der Waals surface area contributed by atoms with E-state index >= 15 is 0 Å². The van der Waals surface area contributed by atoms with Crippen molar-refractivity contribution in [1.82, 2.24) is 10.2 Å². The molecule has 0 spiro atoms. The van der Waals surface area contributed by atoms with Crippen molar-refractivity contribution in [2.24, 2.45) is 0 Å². The highest BCUT2D eigenvalue weighted by atomic mass is 15.1. The maximum atomic E-state index is 3.42. The maximum absolute atomic E-state index is 3.42. The second kappa shape index (κ2) is 4.65. The molecule has 0 aromatic rings. The van der Waals surface area contributed by atoms with Crippen LogP contribution in [0.5, 0.6) is 0 Å². The maximum Gasteiger partial charge on any atom is 0.0454 e. The molecule has 1 N–H and O–H groups in total. The monoisotopic (exact) mass is 192 g/mol. The second-order valence-electron chi connectivity index (χ2n) is 4.36. The van der Waals surface area contributed by atoms with Crippen molar-refractivity contribution < 1.29 is 0 Å². The SMILES string of the molecule is CC1=CNC(CCN2CCCC2)C=C1. The summed E-state index contributed by atoms with van der Waals surface area (Å²) in [6.07, 6.45) is 10.6. The van der Waals surface area contributed by atoms with E-state index in [9.17, 15) is 0 Å². The van der Waals surface area contributed by atoms with Gasteiger partial charge in [-0.3, -0.25) is 0 Å². The van der Waals surface area contributed by atoms with Gasteiger partial charge in [-0.15, -0.1) is 0 Å². The lowest BCUT2D eigenvalue weighted by atomic mass is 10.1. The molecule has 2 heterocycles.